The van der Waals surface area contributed by atoms with Crippen molar-refractivity contribution in [2.24, 2.45) is 5.92 Å². The SMILES string of the molecule is Cc1c([C@H](C)NC(=O)NC2CCN(C(=O)CC(C)Cc3ccc4c(C)c([C@@H](C)NC(=O)Nc5ccc(C6CCC(O)N6)cc5)oc4c3)CC2)oc2ccccc12. The third-order valence-electron chi connectivity index (χ3n) is 11.4. The first-order valence-corrected chi connectivity index (χ1v) is 19.9. The second kappa shape index (κ2) is 16.8. The van der Waals surface area contributed by atoms with E-state index in [4.69, 9.17) is 8.83 Å². The first kappa shape index (κ1) is 38.9. The molecule has 7 rings (SSSR count). The minimum absolute atomic E-state index is 0.00491. The predicted octanol–water partition coefficient (Wildman–Crippen LogP) is 8.04. The average molecular weight is 763 g/mol. The third-order valence-corrected chi connectivity index (χ3v) is 11.4. The van der Waals surface area contributed by atoms with Crippen LogP contribution in [0, 0.1) is 19.8 Å². The van der Waals surface area contributed by atoms with Crippen molar-refractivity contribution in [3.05, 3.63) is 101 Å². The van der Waals surface area contributed by atoms with Crippen molar-refractivity contribution in [1.82, 2.24) is 26.2 Å². The molecule has 0 aliphatic carbocycles. The van der Waals surface area contributed by atoms with Crippen LogP contribution >= 0.6 is 0 Å². The van der Waals surface area contributed by atoms with Crippen LogP contribution in [0.3, 0.4) is 0 Å². The number of rotatable bonds is 11. The molecule has 2 aliphatic heterocycles. The van der Waals surface area contributed by atoms with E-state index in [-0.39, 0.29) is 48.1 Å². The molecular formula is C44H54N6O6. The van der Waals surface area contributed by atoms with Gasteiger partial charge in [-0.15, -0.1) is 0 Å². The molecular weight excluding hydrogens is 709 g/mol. The van der Waals surface area contributed by atoms with Crippen molar-refractivity contribution in [3.8, 4) is 0 Å². The van der Waals surface area contributed by atoms with Crippen LogP contribution < -0.4 is 26.6 Å². The van der Waals surface area contributed by atoms with Gasteiger partial charge < -0.3 is 40.1 Å². The van der Waals surface area contributed by atoms with E-state index in [9.17, 15) is 19.5 Å². The summed E-state index contributed by atoms with van der Waals surface area (Å²) in [4.78, 5) is 41.0. The van der Waals surface area contributed by atoms with E-state index >= 15 is 0 Å². The topological polar surface area (TPSA) is 161 Å². The summed E-state index contributed by atoms with van der Waals surface area (Å²) in [6.45, 7) is 11.1. The van der Waals surface area contributed by atoms with Gasteiger partial charge in [0.25, 0.3) is 0 Å². The average Bonchev–Trinajstić information content (AvgIpc) is 3.86. The van der Waals surface area contributed by atoms with E-state index < -0.39 is 6.23 Å². The number of furan rings is 2. The molecule has 2 saturated heterocycles. The zero-order valence-corrected chi connectivity index (χ0v) is 32.9. The molecule has 2 aliphatic rings. The molecule has 3 unspecified atom stereocenters. The van der Waals surface area contributed by atoms with Gasteiger partial charge in [-0.25, -0.2) is 9.59 Å². The number of hydrogen-bond acceptors (Lipinski definition) is 7. The first-order chi connectivity index (χ1) is 26.9. The van der Waals surface area contributed by atoms with E-state index in [1.807, 2.05) is 87.2 Å². The number of amides is 5. The van der Waals surface area contributed by atoms with Gasteiger partial charge in [0.1, 0.15) is 28.9 Å². The second-order valence-corrected chi connectivity index (χ2v) is 15.8. The number of benzene rings is 3. The minimum Gasteiger partial charge on any atom is -0.459 e. The molecule has 5 amide bonds. The van der Waals surface area contributed by atoms with Crippen LogP contribution in [0.15, 0.2) is 75.6 Å². The fourth-order valence-corrected chi connectivity index (χ4v) is 8.31. The number of piperidine rings is 1. The molecule has 296 valence electrons. The molecule has 3 aromatic carbocycles. The number of aliphatic hydroxyl groups excluding tert-OH is 1. The third kappa shape index (κ3) is 8.87. The minimum atomic E-state index is -0.471. The van der Waals surface area contributed by atoms with E-state index in [1.54, 1.807) is 0 Å². The Morgan fingerprint density at radius 2 is 1.45 bits per heavy atom. The molecule has 4 heterocycles. The highest BCUT2D eigenvalue weighted by Crippen LogP contribution is 2.32. The van der Waals surface area contributed by atoms with Gasteiger partial charge in [-0.2, -0.15) is 0 Å². The molecule has 0 radical (unpaired) electrons. The number of carbonyl (C=O) groups excluding carboxylic acids is 3. The van der Waals surface area contributed by atoms with Gasteiger partial charge in [0, 0.05) is 59.2 Å². The highest BCUT2D eigenvalue weighted by Gasteiger charge is 2.27. The Hall–Kier alpha value is -5.33. The molecule has 0 spiro atoms. The number of fused-ring (bicyclic) bond motifs is 2. The molecule has 2 aromatic heterocycles. The van der Waals surface area contributed by atoms with Gasteiger partial charge in [-0.1, -0.05) is 49.4 Å². The fraction of sp³-hybridized carbons (Fsp3) is 0.432. The Bertz CT molecular complexity index is 2190. The van der Waals surface area contributed by atoms with E-state index in [2.05, 4.69) is 45.6 Å². The van der Waals surface area contributed by atoms with Gasteiger partial charge in [-0.05, 0) is 101 Å². The lowest BCUT2D eigenvalue weighted by Gasteiger charge is -2.33. The number of carbonyl (C=O) groups is 3. The standard InChI is InChI=1S/C44H54N6O6/c1-25(23-40(52)50-20-18-33(19-21-50)48-44(54)45-28(4)41-26(2)34-8-6-7-9-37(34)55-41)22-30-10-15-35-27(3)42(56-38(35)24-30)29(5)46-43(53)47-32-13-11-31(12-14-32)36-16-17-39(51)49-36/h6-15,24-25,28-29,33,36,39,49,51H,16-23H2,1-5H3,(H2,45,48,54)(H2,46,47,53)/t25?,28-,29+,36?,39?/m0/s1. The number of urea groups is 2. The summed E-state index contributed by atoms with van der Waals surface area (Å²) in [5.74, 6) is 1.71. The molecule has 6 N–H and O–H groups in total. The van der Waals surface area contributed by atoms with Gasteiger partial charge in [-0.3, -0.25) is 10.1 Å². The van der Waals surface area contributed by atoms with Gasteiger partial charge in [0.2, 0.25) is 5.91 Å². The van der Waals surface area contributed by atoms with Crippen molar-refractivity contribution in [3.63, 3.8) is 0 Å². The highest BCUT2D eigenvalue weighted by atomic mass is 16.3. The Kier molecular flexibility index (Phi) is 11.7. The summed E-state index contributed by atoms with van der Waals surface area (Å²) in [7, 11) is 0. The van der Waals surface area contributed by atoms with E-state index in [1.165, 1.54) is 0 Å². The number of nitrogens with zero attached hydrogens (tertiary/aromatic N) is 1. The smallest absolute Gasteiger partial charge is 0.319 e. The van der Waals surface area contributed by atoms with Gasteiger partial charge in [0.15, 0.2) is 0 Å². The Morgan fingerprint density at radius 3 is 2.11 bits per heavy atom. The number of aliphatic hydroxyl groups is 1. The van der Waals surface area contributed by atoms with E-state index in [0.29, 0.717) is 43.8 Å². The lowest BCUT2D eigenvalue weighted by molar-refractivity contribution is -0.133. The summed E-state index contributed by atoms with van der Waals surface area (Å²) in [6, 6.07) is 20.6. The monoisotopic (exact) mass is 762 g/mol. The molecule has 12 heteroatoms. The summed E-state index contributed by atoms with van der Waals surface area (Å²) in [5.41, 5.74) is 6.41. The lowest BCUT2D eigenvalue weighted by Crippen LogP contribution is -2.49. The summed E-state index contributed by atoms with van der Waals surface area (Å²) in [5, 5.41) is 27.0. The molecule has 0 bridgehead atoms. The number of nitrogens with one attached hydrogen (secondary N) is 5. The number of para-hydroxylation sites is 1. The van der Waals surface area contributed by atoms with Crippen LogP contribution in [-0.4, -0.2) is 53.3 Å². The Balaban J connectivity index is 0.852. The van der Waals surface area contributed by atoms with Crippen molar-refractivity contribution >= 4 is 45.6 Å². The molecule has 12 nitrogen and oxygen atoms in total. The van der Waals surface area contributed by atoms with Crippen LogP contribution in [0.5, 0.6) is 0 Å². The van der Waals surface area contributed by atoms with Crippen LogP contribution in [0.1, 0.15) is 105 Å². The zero-order chi connectivity index (χ0) is 39.5. The fourth-order valence-electron chi connectivity index (χ4n) is 8.31. The van der Waals surface area contributed by atoms with Crippen LogP contribution in [0.2, 0.25) is 0 Å². The van der Waals surface area contributed by atoms with Crippen LogP contribution in [-0.2, 0) is 11.2 Å². The van der Waals surface area contributed by atoms with Gasteiger partial charge >= 0.3 is 12.1 Å². The predicted molar refractivity (Wildman–Crippen MR) is 217 cm³/mol. The Morgan fingerprint density at radius 1 is 0.804 bits per heavy atom. The second-order valence-electron chi connectivity index (χ2n) is 15.8. The van der Waals surface area contributed by atoms with Crippen molar-refractivity contribution in [1.29, 1.82) is 0 Å². The number of hydrogen-bond donors (Lipinski definition) is 6. The largest absolute Gasteiger partial charge is 0.459 e. The van der Waals surface area contributed by atoms with E-state index in [0.717, 1.165) is 69.2 Å². The Labute approximate surface area is 327 Å². The molecule has 56 heavy (non-hydrogen) atoms. The number of anilines is 1. The number of aryl methyl sites for hydroxylation is 2. The first-order valence-electron chi connectivity index (χ1n) is 19.9. The van der Waals surface area contributed by atoms with Gasteiger partial charge in [0.05, 0.1) is 12.1 Å². The van der Waals surface area contributed by atoms with Crippen molar-refractivity contribution < 1.29 is 28.3 Å². The summed E-state index contributed by atoms with van der Waals surface area (Å²) >= 11 is 0. The van der Waals surface area contributed by atoms with Crippen LogP contribution in [0.4, 0.5) is 15.3 Å². The van der Waals surface area contributed by atoms with Crippen molar-refractivity contribution in [2.75, 3.05) is 18.4 Å². The molecule has 5 aromatic rings. The number of likely N-dealkylation sites (tertiary alicyclic amines) is 1. The summed E-state index contributed by atoms with van der Waals surface area (Å²) < 4.78 is 12.3. The maximum absolute atomic E-state index is 13.3. The maximum Gasteiger partial charge on any atom is 0.319 e. The quantitative estimate of drug-likeness (QED) is 0.0794. The highest BCUT2D eigenvalue weighted by molar-refractivity contribution is 5.90. The normalized spacial score (nSPS) is 19.1. The zero-order valence-electron chi connectivity index (χ0n) is 32.9. The molecule has 2 fully saturated rings. The van der Waals surface area contributed by atoms with Crippen molar-refractivity contribution in [2.45, 2.75) is 104 Å². The molecule has 5 atom stereocenters. The lowest BCUT2D eigenvalue weighted by atomic mass is 9.95. The van der Waals surface area contributed by atoms with Crippen LogP contribution in [0.25, 0.3) is 21.9 Å². The molecule has 0 saturated carbocycles. The summed E-state index contributed by atoms with van der Waals surface area (Å²) in [6.07, 6.45) is 3.70. The maximum atomic E-state index is 13.3.